The molecule has 0 radical (unpaired) electrons. The molecule has 0 aromatic carbocycles. The average molecular weight is 311 g/mol. The third kappa shape index (κ3) is 2.81. The fourth-order valence-corrected chi connectivity index (χ4v) is 2.09. The van der Waals surface area contributed by atoms with Crippen LogP contribution in [0.4, 0.5) is 11.6 Å². The molecule has 0 unspecified atom stereocenters. The molecule has 0 fully saturated rings. The number of nitrogens with zero attached hydrogens (tertiary/aromatic N) is 5. The van der Waals surface area contributed by atoms with Crippen LogP contribution in [0.15, 0.2) is 25.3 Å². The van der Waals surface area contributed by atoms with Crippen molar-refractivity contribution >= 4 is 45.9 Å². The predicted molar refractivity (Wildman–Crippen MR) is 82.2 cm³/mol. The summed E-state index contributed by atoms with van der Waals surface area (Å²) in [4.78, 5) is 18.1. The molecule has 0 aliphatic rings. The molecule has 0 bridgehead atoms. The summed E-state index contributed by atoms with van der Waals surface area (Å²) in [5.74, 6) is 0.665. The first-order valence-corrected chi connectivity index (χ1v) is 6.45. The Morgan fingerprint density at radius 2 is 1.50 bits per heavy atom. The van der Waals surface area contributed by atoms with E-state index in [4.69, 9.17) is 28.9 Å². The predicted octanol–water partition coefficient (Wildman–Crippen LogP) is 2.49. The molecule has 0 amide bonds. The molecule has 2 aromatic heterocycles. The number of aromatic nitrogens is 4. The van der Waals surface area contributed by atoms with E-state index in [1.165, 1.54) is 0 Å². The van der Waals surface area contributed by atoms with Crippen LogP contribution >= 0.6 is 23.2 Å². The van der Waals surface area contributed by atoms with Gasteiger partial charge in [0, 0.05) is 13.1 Å². The van der Waals surface area contributed by atoms with Crippen LogP contribution in [0.3, 0.4) is 0 Å². The minimum Gasteiger partial charge on any atom is -0.382 e. The van der Waals surface area contributed by atoms with Gasteiger partial charge in [-0.3, -0.25) is 0 Å². The Bertz CT molecular complexity index is 663. The Hall–Kier alpha value is -1.92. The highest BCUT2D eigenvalue weighted by Crippen LogP contribution is 2.27. The minimum absolute atomic E-state index is 0.0272. The second kappa shape index (κ2) is 6.02. The molecule has 2 heterocycles. The van der Waals surface area contributed by atoms with Crippen molar-refractivity contribution in [2.24, 2.45) is 0 Å². The molecule has 0 atom stereocenters. The average Bonchev–Trinajstić information content (AvgIpc) is 2.39. The van der Waals surface area contributed by atoms with E-state index in [0.717, 1.165) is 0 Å². The maximum absolute atomic E-state index is 5.94. The van der Waals surface area contributed by atoms with Crippen molar-refractivity contribution in [1.29, 1.82) is 0 Å². The monoisotopic (exact) mass is 310 g/mol. The Labute approximate surface area is 126 Å². The van der Waals surface area contributed by atoms with Gasteiger partial charge in [-0.1, -0.05) is 12.2 Å². The number of halogens is 2. The number of nitrogen functional groups attached to an aromatic ring is 1. The summed E-state index contributed by atoms with van der Waals surface area (Å²) in [6.07, 6.45) is 3.47. The van der Waals surface area contributed by atoms with E-state index in [2.05, 4.69) is 33.1 Å². The van der Waals surface area contributed by atoms with E-state index in [0.29, 0.717) is 29.9 Å². The lowest BCUT2D eigenvalue weighted by Crippen LogP contribution is -2.25. The van der Waals surface area contributed by atoms with Crippen LogP contribution in [0.2, 0.25) is 10.6 Å². The Morgan fingerprint density at radius 1 is 0.950 bits per heavy atom. The van der Waals surface area contributed by atoms with E-state index in [1.54, 1.807) is 12.2 Å². The van der Waals surface area contributed by atoms with Crippen LogP contribution in [-0.4, -0.2) is 33.0 Å². The lowest BCUT2D eigenvalue weighted by Gasteiger charge is -2.21. The largest absolute Gasteiger partial charge is 0.382 e. The van der Waals surface area contributed by atoms with Gasteiger partial charge in [-0.05, 0) is 23.2 Å². The third-order valence-corrected chi connectivity index (χ3v) is 2.83. The molecule has 0 saturated carbocycles. The molecule has 2 aromatic rings. The zero-order valence-corrected chi connectivity index (χ0v) is 12.1. The van der Waals surface area contributed by atoms with Crippen molar-refractivity contribution in [2.45, 2.75) is 0 Å². The fourth-order valence-electron chi connectivity index (χ4n) is 1.75. The van der Waals surface area contributed by atoms with Gasteiger partial charge in [0.05, 0.1) is 0 Å². The second-order valence-electron chi connectivity index (χ2n) is 3.87. The van der Waals surface area contributed by atoms with Crippen LogP contribution in [0.25, 0.3) is 11.0 Å². The van der Waals surface area contributed by atoms with Gasteiger partial charge in [0.2, 0.25) is 10.6 Å². The van der Waals surface area contributed by atoms with Crippen LogP contribution in [0.1, 0.15) is 0 Å². The summed E-state index contributed by atoms with van der Waals surface area (Å²) >= 11 is 11.8. The highest BCUT2D eigenvalue weighted by Gasteiger charge is 2.17. The first-order valence-electron chi connectivity index (χ1n) is 5.69. The van der Waals surface area contributed by atoms with Crippen molar-refractivity contribution < 1.29 is 0 Å². The zero-order chi connectivity index (χ0) is 14.7. The van der Waals surface area contributed by atoms with E-state index < -0.39 is 0 Å². The Kier molecular flexibility index (Phi) is 4.36. The fraction of sp³-hybridized carbons (Fsp3) is 0.167. The molecule has 0 aliphatic heterocycles. The number of rotatable bonds is 5. The summed E-state index contributed by atoms with van der Waals surface area (Å²) < 4.78 is 0. The standard InChI is InChI=1S/C12H12Cl2N6/c1-3-5-20(6-4-2)10-8-7(16-12(14)19-10)9(15)18-11(13)17-8/h3-4H,1-2,5-6H2,(H2,15,17,18). The normalized spacial score (nSPS) is 10.5. The molecule has 0 spiro atoms. The summed E-state index contributed by atoms with van der Waals surface area (Å²) in [7, 11) is 0. The SMILES string of the molecule is C=CCN(CC=C)c1nc(Cl)nc2c(N)nc(Cl)nc12. The van der Waals surface area contributed by atoms with Crippen molar-refractivity contribution in [3.05, 3.63) is 35.9 Å². The number of hydrogen-bond acceptors (Lipinski definition) is 6. The number of hydrogen-bond donors (Lipinski definition) is 1. The van der Waals surface area contributed by atoms with Gasteiger partial charge in [-0.25, -0.2) is 9.97 Å². The number of anilines is 2. The van der Waals surface area contributed by atoms with E-state index in [9.17, 15) is 0 Å². The van der Waals surface area contributed by atoms with Crippen molar-refractivity contribution in [1.82, 2.24) is 19.9 Å². The molecule has 2 N–H and O–H groups in total. The smallest absolute Gasteiger partial charge is 0.225 e. The topological polar surface area (TPSA) is 80.8 Å². The van der Waals surface area contributed by atoms with Gasteiger partial charge in [0.1, 0.15) is 11.0 Å². The first-order chi connectivity index (χ1) is 9.56. The van der Waals surface area contributed by atoms with Gasteiger partial charge in [0.25, 0.3) is 0 Å². The molecular formula is C12H12Cl2N6. The lowest BCUT2D eigenvalue weighted by atomic mass is 10.3. The first kappa shape index (κ1) is 14.5. The molecular weight excluding hydrogens is 299 g/mol. The second-order valence-corrected chi connectivity index (χ2v) is 4.55. The Morgan fingerprint density at radius 3 is 2.10 bits per heavy atom. The summed E-state index contributed by atoms with van der Waals surface area (Å²) in [6, 6.07) is 0. The van der Waals surface area contributed by atoms with Crippen molar-refractivity contribution in [3.63, 3.8) is 0 Å². The molecule has 20 heavy (non-hydrogen) atoms. The summed E-state index contributed by atoms with van der Waals surface area (Å²) in [6.45, 7) is 8.50. The molecule has 8 heteroatoms. The van der Waals surface area contributed by atoms with Crippen LogP contribution in [0, 0.1) is 0 Å². The quantitative estimate of drug-likeness (QED) is 0.675. The zero-order valence-electron chi connectivity index (χ0n) is 10.6. The van der Waals surface area contributed by atoms with Crippen molar-refractivity contribution in [3.8, 4) is 0 Å². The van der Waals surface area contributed by atoms with Gasteiger partial charge in [-0.15, -0.1) is 13.2 Å². The molecule has 0 aliphatic carbocycles. The van der Waals surface area contributed by atoms with Crippen LogP contribution < -0.4 is 10.6 Å². The molecule has 104 valence electrons. The van der Waals surface area contributed by atoms with Gasteiger partial charge >= 0.3 is 0 Å². The molecule has 6 nitrogen and oxygen atoms in total. The molecule has 2 rings (SSSR count). The maximum Gasteiger partial charge on any atom is 0.225 e. The Balaban J connectivity index is 2.72. The van der Waals surface area contributed by atoms with Crippen LogP contribution in [-0.2, 0) is 0 Å². The molecule has 0 saturated heterocycles. The van der Waals surface area contributed by atoms with E-state index in [1.807, 2.05) is 4.90 Å². The van der Waals surface area contributed by atoms with E-state index >= 15 is 0 Å². The van der Waals surface area contributed by atoms with Crippen molar-refractivity contribution in [2.75, 3.05) is 23.7 Å². The van der Waals surface area contributed by atoms with Gasteiger partial charge < -0.3 is 10.6 Å². The number of fused-ring (bicyclic) bond motifs is 1. The highest BCUT2D eigenvalue weighted by molar-refractivity contribution is 6.30. The maximum atomic E-state index is 5.94. The summed E-state index contributed by atoms with van der Waals surface area (Å²) in [5, 5.41) is 0.0857. The highest BCUT2D eigenvalue weighted by atomic mass is 35.5. The summed E-state index contributed by atoms with van der Waals surface area (Å²) in [5.41, 5.74) is 6.60. The lowest BCUT2D eigenvalue weighted by molar-refractivity contribution is 0.923. The third-order valence-electron chi connectivity index (χ3n) is 2.50. The van der Waals surface area contributed by atoms with Gasteiger partial charge in [-0.2, -0.15) is 9.97 Å². The van der Waals surface area contributed by atoms with Crippen LogP contribution in [0.5, 0.6) is 0 Å². The van der Waals surface area contributed by atoms with Gasteiger partial charge in [0.15, 0.2) is 11.6 Å². The minimum atomic E-state index is 0.0272. The number of nitrogens with two attached hydrogens (primary N) is 1. The van der Waals surface area contributed by atoms with E-state index in [-0.39, 0.29) is 16.4 Å².